The average molecular weight is 408 g/mol. The van der Waals surface area contributed by atoms with Crippen molar-refractivity contribution in [2.45, 2.75) is 12.6 Å². The van der Waals surface area contributed by atoms with Gasteiger partial charge in [-0.25, -0.2) is 9.50 Å². The summed E-state index contributed by atoms with van der Waals surface area (Å²) in [4.78, 5) is 8.35. The molecule has 9 heteroatoms. The molecule has 1 aromatic carbocycles. The van der Waals surface area contributed by atoms with E-state index < -0.39 is 11.7 Å². The molecular weight excluding hydrogens is 393 g/mol. The largest absolute Gasteiger partial charge is 0.416 e. The first-order valence-electron chi connectivity index (χ1n) is 9.16. The molecular formula is C21H15F3N6. The number of nitrogens with zero attached hydrogens (tertiary/aromatic N) is 6. The molecule has 0 saturated carbocycles. The first-order valence-corrected chi connectivity index (χ1v) is 9.16. The summed E-state index contributed by atoms with van der Waals surface area (Å²) in [5, 5.41) is 9.37. The van der Waals surface area contributed by atoms with Gasteiger partial charge >= 0.3 is 6.18 Å². The van der Waals surface area contributed by atoms with Crippen LogP contribution >= 0.6 is 0 Å². The normalized spacial score (nSPS) is 12.1. The number of fused-ring (bicyclic) bond motifs is 2. The van der Waals surface area contributed by atoms with Crippen molar-refractivity contribution in [1.82, 2.24) is 29.4 Å². The minimum atomic E-state index is -4.49. The molecule has 0 aliphatic carbocycles. The highest BCUT2D eigenvalue weighted by Gasteiger charge is 2.34. The first kappa shape index (κ1) is 18.3. The van der Waals surface area contributed by atoms with E-state index in [1.165, 1.54) is 12.3 Å². The maximum Gasteiger partial charge on any atom is 0.416 e. The Morgan fingerprint density at radius 3 is 2.67 bits per heavy atom. The molecule has 150 valence electrons. The van der Waals surface area contributed by atoms with Gasteiger partial charge in [-0.3, -0.25) is 9.67 Å². The molecule has 0 saturated heterocycles. The average Bonchev–Trinajstić information content (AvgIpc) is 3.33. The number of pyridine rings is 1. The van der Waals surface area contributed by atoms with Crippen molar-refractivity contribution in [2.24, 2.45) is 7.05 Å². The Morgan fingerprint density at radius 1 is 1.03 bits per heavy atom. The maximum atomic E-state index is 13.7. The summed E-state index contributed by atoms with van der Waals surface area (Å²) in [7, 11) is 1.80. The van der Waals surface area contributed by atoms with Crippen LogP contribution in [0, 0.1) is 0 Å². The van der Waals surface area contributed by atoms with Gasteiger partial charge in [-0.1, -0.05) is 6.07 Å². The first-order chi connectivity index (χ1) is 14.4. The number of aryl methyl sites for hydroxylation is 1. The number of hydrogen-bond donors (Lipinski definition) is 0. The van der Waals surface area contributed by atoms with Crippen LogP contribution in [-0.2, 0) is 19.6 Å². The van der Waals surface area contributed by atoms with Crippen molar-refractivity contribution in [1.29, 1.82) is 0 Å². The van der Waals surface area contributed by atoms with Crippen LogP contribution in [-0.4, -0.2) is 29.4 Å². The second-order valence-corrected chi connectivity index (χ2v) is 7.02. The molecule has 0 bridgehead atoms. The van der Waals surface area contributed by atoms with Crippen molar-refractivity contribution >= 4 is 16.6 Å². The Morgan fingerprint density at radius 2 is 1.90 bits per heavy atom. The van der Waals surface area contributed by atoms with Crippen molar-refractivity contribution in [3.63, 3.8) is 0 Å². The third-order valence-corrected chi connectivity index (χ3v) is 4.94. The molecule has 0 atom stereocenters. The third kappa shape index (κ3) is 3.18. The highest BCUT2D eigenvalue weighted by molar-refractivity contribution is 5.80. The lowest BCUT2D eigenvalue weighted by Gasteiger charge is -2.14. The lowest BCUT2D eigenvalue weighted by Crippen LogP contribution is -2.11. The Bertz CT molecular complexity index is 1380. The van der Waals surface area contributed by atoms with Crippen LogP contribution in [0.2, 0.25) is 0 Å². The molecule has 0 aliphatic rings. The van der Waals surface area contributed by atoms with Crippen LogP contribution in [0.3, 0.4) is 0 Å². The Hall–Kier alpha value is -3.75. The van der Waals surface area contributed by atoms with Crippen LogP contribution in [0.15, 0.2) is 61.2 Å². The number of rotatable bonds is 3. The molecule has 4 heterocycles. The van der Waals surface area contributed by atoms with Gasteiger partial charge in [-0.15, -0.1) is 0 Å². The lowest BCUT2D eigenvalue weighted by molar-refractivity contribution is -0.138. The second-order valence-electron chi connectivity index (χ2n) is 7.02. The fraction of sp³-hybridized carbons (Fsp3) is 0.143. The van der Waals surface area contributed by atoms with Gasteiger partial charge in [0.25, 0.3) is 0 Å². The SMILES string of the molecule is Cn1cc(-c2ccc3ncc(Cc4cc5cccnc5cc4C(F)(F)F)n3n2)cn1. The molecule has 5 aromatic rings. The van der Waals surface area contributed by atoms with E-state index in [9.17, 15) is 13.2 Å². The number of imidazole rings is 1. The monoisotopic (exact) mass is 408 g/mol. The number of alkyl halides is 3. The van der Waals surface area contributed by atoms with Gasteiger partial charge < -0.3 is 0 Å². The molecule has 4 aromatic heterocycles. The second kappa shape index (κ2) is 6.65. The van der Waals surface area contributed by atoms with E-state index in [0.717, 1.165) is 11.6 Å². The number of aromatic nitrogens is 6. The van der Waals surface area contributed by atoms with Crippen LogP contribution in [0.5, 0.6) is 0 Å². The zero-order valence-electron chi connectivity index (χ0n) is 15.8. The molecule has 0 amide bonds. The van der Waals surface area contributed by atoms with Crippen molar-refractivity contribution in [3.8, 4) is 11.3 Å². The van der Waals surface area contributed by atoms with E-state index in [-0.39, 0.29) is 12.0 Å². The summed E-state index contributed by atoms with van der Waals surface area (Å²) in [6, 6.07) is 9.69. The quantitative estimate of drug-likeness (QED) is 0.447. The van der Waals surface area contributed by atoms with E-state index in [2.05, 4.69) is 20.2 Å². The number of hydrogen-bond acceptors (Lipinski definition) is 4. The lowest BCUT2D eigenvalue weighted by atomic mass is 9.99. The molecule has 0 unspecified atom stereocenters. The minimum absolute atomic E-state index is 0.0321. The zero-order chi connectivity index (χ0) is 20.9. The fourth-order valence-electron chi connectivity index (χ4n) is 3.52. The molecule has 30 heavy (non-hydrogen) atoms. The molecule has 0 radical (unpaired) electrons. The van der Waals surface area contributed by atoms with Gasteiger partial charge in [0.05, 0.1) is 34.9 Å². The summed E-state index contributed by atoms with van der Waals surface area (Å²) in [5.74, 6) is 0. The number of benzene rings is 1. The fourth-order valence-corrected chi connectivity index (χ4v) is 3.52. The Balaban J connectivity index is 1.62. The molecule has 0 aliphatic heterocycles. The molecule has 6 nitrogen and oxygen atoms in total. The predicted octanol–water partition coefficient (Wildman–Crippen LogP) is 4.29. The summed E-state index contributed by atoms with van der Waals surface area (Å²) < 4.78 is 44.4. The van der Waals surface area contributed by atoms with Gasteiger partial charge in [-0.05, 0) is 35.9 Å². The highest BCUT2D eigenvalue weighted by Crippen LogP contribution is 2.35. The third-order valence-electron chi connectivity index (χ3n) is 4.94. The summed E-state index contributed by atoms with van der Waals surface area (Å²) in [6.07, 6.45) is 2.09. The van der Waals surface area contributed by atoms with Crippen molar-refractivity contribution in [2.75, 3.05) is 0 Å². The molecule has 0 spiro atoms. The summed E-state index contributed by atoms with van der Waals surface area (Å²) >= 11 is 0. The van der Waals surface area contributed by atoms with E-state index in [1.807, 2.05) is 12.3 Å². The van der Waals surface area contributed by atoms with Gasteiger partial charge in [-0.2, -0.15) is 23.4 Å². The molecule has 0 N–H and O–H groups in total. The summed E-state index contributed by atoms with van der Waals surface area (Å²) in [6.45, 7) is 0. The van der Waals surface area contributed by atoms with Gasteiger partial charge in [0.2, 0.25) is 0 Å². The van der Waals surface area contributed by atoms with E-state index in [0.29, 0.717) is 27.9 Å². The van der Waals surface area contributed by atoms with Crippen molar-refractivity contribution in [3.05, 3.63) is 78.0 Å². The summed E-state index contributed by atoms with van der Waals surface area (Å²) in [5.41, 5.74) is 2.35. The van der Waals surface area contributed by atoms with E-state index in [4.69, 9.17) is 0 Å². The highest BCUT2D eigenvalue weighted by atomic mass is 19.4. The number of halogens is 3. The van der Waals surface area contributed by atoms with E-state index in [1.54, 1.807) is 46.8 Å². The Labute approximate surface area is 168 Å². The zero-order valence-corrected chi connectivity index (χ0v) is 15.8. The predicted molar refractivity (Wildman–Crippen MR) is 105 cm³/mol. The molecule has 5 rings (SSSR count). The van der Waals surface area contributed by atoms with E-state index >= 15 is 0 Å². The van der Waals surface area contributed by atoms with Crippen molar-refractivity contribution < 1.29 is 13.2 Å². The van der Waals surface area contributed by atoms with Gasteiger partial charge in [0, 0.05) is 36.8 Å². The minimum Gasteiger partial charge on any atom is -0.275 e. The van der Waals surface area contributed by atoms with Crippen LogP contribution in [0.4, 0.5) is 13.2 Å². The maximum absolute atomic E-state index is 13.7. The Kier molecular flexibility index (Phi) is 4.05. The standard InChI is InChI=1S/C21H15F3N6/c1-29-12-15(10-27-29)18-4-5-20-26-11-16(30(20)28-18)8-14-7-13-3-2-6-25-19(13)9-17(14)21(22,23)24/h2-7,9-12H,8H2,1H3. The van der Waals surface area contributed by atoms with Crippen LogP contribution in [0.1, 0.15) is 16.8 Å². The van der Waals surface area contributed by atoms with Crippen LogP contribution < -0.4 is 0 Å². The van der Waals surface area contributed by atoms with Gasteiger partial charge in [0.15, 0.2) is 5.65 Å². The smallest absolute Gasteiger partial charge is 0.275 e. The topological polar surface area (TPSA) is 60.9 Å². The van der Waals surface area contributed by atoms with Crippen LogP contribution in [0.25, 0.3) is 27.8 Å². The van der Waals surface area contributed by atoms with Gasteiger partial charge in [0.1, 0.15) is 0 Å². The molecule has 0 fully saturated rings.